The highest BCUT2D eigenvalue weighted by atomic mass is 19.1. The molecule has 1 unspecified atom stereocenters. The first-order valence-electron chi connectivity index (χ1n) is 10.0. The number of aromatic nitrogens is 3. The van der Waals surface area contributed by atoms with Gasteiger partial charge >= 0.3 is 0 Å². The fraction of sp³-hybridized carbons (Fsp3) is 0.550. The minimum atomic E-state index is -0.396. The minimum Gasteiger partial charge on any atom is -0.374 e. The van der Waals surface area contributed by atoms with E-state index in [2.05, 4.69) is 20.3 Å². The van der Waals surface area contributed by atoms with Gasteiger partial charge in [-0.1, -0.05) is 19.1 Å². The zero-order valence-electron chi connectivity index (χ0n) is 16.1. The van der Waals surface area contributed by atoms with Crippen LogP contribution >= 0.6 is 0 Å². The Morgan fingerprint density at radius 1 is 1.36 bits per heavy atom. The number of hydrogen-bond acceptors (Lipinski definition) is 5. The molecule has 1 aliphatic heterocycles. The second-order valence-electron chi connectivity index (χ2n) is 7.39. The van der Waals surface area contributed by atoms with Crippen molar-refractivity contribution in [2.45, 2.75) is 44.8 Å². The number of nitrogens with one attached hydrogen (secondary N) is 1. The van der Waals surface area contributed by atoms with Gasteiger partial charge in [-0.3, -0.25) is 9.69 Å². The zero-order valence-corrected chi connectivity index (χ0v) is 16.1. The molecular weight excluding hydrogens is 361 g/mol. The number of amides is 1. The molecule has 1 aromatic carbocycles. The normalized spacial score (nSPS) is 20.3. The lowest BCUT2D eigenvalue weighted by atomic mass is 10.2. The van der Waals surface area contributed by atoms with Crippen LogP contribution in [0.2, 0.25) is 0 Å². The molecule has 150 valence electrons. The Bertz CT molecular complexity index is 836. The van der Waals surface area contributed by atoms with Gasteiger partial charge in [-0.05, 0) is 31.4 Å². The van der Waals surface area contributed by atoms with Gasteiger partial charge < -0.3 is 10.1 Å². The number of carbonyl (C=O) groups is 1. The van der Waals surface area contributed by atoms with Crippen molar-refractivity contribution in [3.63, 3.8) is 0 Å². The van der Waals surface area contributed by atoms with Crippen molar-refractivity contribution in [1.29, 1.82) is 0 Å². The maximum atomic E-state index is 14.2. The highest BCUT2D eigenvalue weighted by Gasteiger charge is 2.33. The number of rotatable bonds is 7. The number of halogens is 1. The molecule has 2 heterocycles. The standard InChI is InChI=1S/C20H26FN5O2/c1-2-5-18-23-19(24-26(18)17-7-4-3-6-16(17)21)20(27)22-12-15-13-25(10-11-28-15)14-8-9-14/h3-4,6-7,14-15H,2,5,8-13H2,1H3,(H,22,27). The van der Waals surface area contributed by atoms with Gasteiger partial charge in [-0.25, -0.2) is 14.1 Å². The van der Waals surface area contributed by atoms with Crippen LogP contribution in [-0.4, -0.2) is 64.0 Å². The van der Waals surface area contributed by atoms with E-state index in [1.165, 1.54) is 23.6 Å². The van der Waals surface area contributed by atoms with Crippen molar-refractivity contribution < 1.29 is 13.9 Å². The van der Waals surface area contributed by atoms with E-state index in [1.807, 2.05) is 6.92 Å². The van der Waals surface area contributed by atoms with Crippen LogP contribution < -0.4 is 5.32 Å². The Morgan fingerprint density at radius 3 is 2.93 bits per heavy atom. The third kappa shape index (κ3) is 4.23. The monoisotopic (exact) mass is 387 g/mol. The fourth-order valence-corrected chi connectivity index (χ4v) is 3.56. The number of benzene rings is 1. The molecule has 2 aliphatic rings. The van der Waals surface area contributed by atoms with Crippen molar-refractivity contribution in [2.75, 3.05) is 26.2 Å². The zero-order chi connectivity index (χ0) is 19.5. The largest absolute Gasteiger partial charge is 0.374 e. The average molecular weight is 387 g/mol. The van der Waals surface area contributed by atoms with Gasteiger partial charge in [0, 0.05) is 32.1 Å². The van der Waals surface area contributed by atoms with Gasteiger partial charge in [-0.15, -0.1) is 5.10 Å². The molecule has 1 aromatic heterocycles. The van der Waals surface area contributed by atoms with Gasteiger partial charge in [0.2, 0.25) is 5.82 Å². The molecule has 1 atom stereocenters. The van der Waals surface area contributed by atoms with Gasteiger partial charge in [0.05, 0.1) is 12.7 Å². The number of morpholine rings is 1. The van der Waals surface area contributed by atoms with Crippen LogP contribution in [0.5, 0.6) is 0 Å². The van der Waals surface area contributed by atoms with Crippen molar-refractivity contribution >= 4 is 5.91 Å². The van der Waals surface area contributed by atoms with E-state index >= 15 is 0 Å². The van der Waals surface area contributed by atoms with E-state index in [-0.39, 0.29) is 17.8 Å². The van der Waals surface area contributed by atoms with Crippen LogP contribution in [0.3, 0.4) is 0 Å². The molecule has 28 heavy (non-hydrogen) atoms. The Hall–Kier alpha value is -2.32. The summed E-state index contributed by atoms with van der Waals surface area (Å²) in [7, 11) is 0. The number of para-hydroxylation sites is 1. The molecule has 1 saturated heterocycles. The SMILES string of the molecule is CCCc1nc(C(=O)NCC2CN(C3CC3)CCO2)nn1-c1ccccc1F. The first-order chi connectivity index (χ1) is 13.7. The topological polar surface area (TPSA) is 72.3 Å². The molecule has 2 aromatic rings. The molecule has 7 nitrogen and oxygen atoms in total. The summed E-state index contributed by atoms with van der Waals surface area (Å²) in [6, 6.07) is 7.06. The third-order valence-corrected chi connectivity index (χ3v) is 5.16. The van der Waals surface area contributed by atoms with Crippen LogP contribution in [-0.2, 0) is 11.2 Å². The summed E-state index contributed by atoms with van der Waals surface area (Å²) in [5.41, 5.74) is 0.299. The smallest absolute Gasteiger partial charge is 0.291 e. The highest BCUT2D eigenvalue weighted by molar-refractivity contribution is 5.90. The minimum absolute atomic E-state index is 0.0259. The Labute approximate surface area is 163 Å². The van der Waals surface area contributed by atoms with Gasteiger partial charge in [0.25, 0.3) is 5.91 Å². The molecular formula is C20H26FN5O2. The Morgan fingerprint density at radius 2 is 2.18 bits per heavy atom. The van der Waals surface area contributed by atoms with Gasteiger partial charge in [0.15, 0.2) is 0 Å². The molecule has 1 saturated carbocycles. The summed E-state index contributed by atoms with van der Waals surface area (Å²) >= 11 is 0. The van der Waals surface area contributed by atoms with Crippen LogP contribution in [0.1, 0.15) is 42.6 Å². The van der Waals surface area contributed by atoms with Crippen molar-refractivity contribution in [2.24, 2.45) is 0 Å². The van der Waals surface area contributed by atoms with Crippen LogP contribution in [0.4, 0.5) is 4.39 Å². The van der Waals surface area contributed by atoms with Crippen LogP contribution in [0, 0.1) is 5.82 Å². The molecule has 4 rings (SSSR count). The molecule has 1 amide bonds. The number of aryl methyl sites for hydroxylation is 1. The molecule has 1 N–H and O–H groups in total. The molecule has 8 heteroatoms. The van der Waals surface area contributed by atoms with E-state index in [0.29, 0.717) is 37.1 Å². The lowest BCUT2D eigenvalue weighted by molar-refractivity contribution is -0.0293. The van der Waals surface area contributed by atoms with E-state index in [4.69, 9.17) is 4.74 Å². The third-order valence-electron chi connectivity index (χ3n) is 5.16. The summed E-state index contributed by atoms with van der Waals surface area (Å²) in [6.45, 7) is 4.91. The molecule has 1 aliphatic carbocycles. The first-order valence-corrected chi connectivity index (χ1v) is 10.0. The second-order valence-corrected chi connectivity index (χ2v) is 7.39. The maximum absolute atomic E-state index is 14.2. The molecule has 0 radical (unpaired) electrons. The number of nitrogens with zero attached hydrogens (tertiary/aromatic N) is 4. The van der Waals surface area contributed by atoms with E-state index in [1.54, 1.807) is 18.2 Å². The number of ether oxygens (including phenoxy) is 1. The van der Waals surface area contributed by atoms with Crippen molar-refractivity contribution in [3.05, 3.63) is 41.7 Å². The predicted octanol–water partition coefficient (Wildman–Crippen LogP) is 1.95. The maximum Gasteiger partial charge on any atom is 0.291 e. The second kappa shape index (κ2) is 8.36. The van der Waals surface area contributed by atoms with Gasteiger partial charge in [-0.2, -0.15) is 0 Å². The fourth-order valence-electron chi connectivity index (χ4n) is 3.56. The quantitative estimate of drug-likeness (QED) is 0.786. The van der Waals surface area contributed by atoms with Crippen LogP contribution in [0.15, 0.2) is 24.3 Å². The predicted molar refractivity (Wildman–Crippen MR) is 102 cm³/mol. The Balaban J connectivity index is 1.44. The lowest BCUT2D eigenvalue weighted by Crippen LogP contribution is -2.48. The van der Waals surface area contributed by atoms with E-state index in [9.17, 15) is 9.18 Å². The van der Waals surface area contributed by atoms with E-state index < -0.39 is 5.82 Å². The van der Waals surface area contributed by atoms with E-state index in [0.717, 1.165) is 19.5 Å². The number of hydrogen-bond donors (Lipinski definition) is 1. The van der Waals surface area contributed by atoms with Crippen molar-refractivity contribution in [3.8, 4) is 5.69 Å². The molecule has 0 bridgehead atoms. The molecule has 2 fully saturated rings. The summed E-state index contributed by atoms with van der Waals surface area (Å²) in [4.78, 5) is 19.4. The van der Waals surface area contributed by atoms with Crippen LogP contribution in [0.25, 0.3) is 5.69 Å². The average Bonchev–Trinajstić information content (AvgIpc) is 3.48. The summed E-state index contributed by atoms with van der Waals surface area (Å²) < 4.78 is 21.4. The van der Waals surface area contributed by atoms with Gasteiger partial charge in [0.1, 0.15) is 17.3 Å². The molecule has 0 spiro atoms. The first kappa shape index (κ1) is 19.0. The summed E-state index contributed by atoms with van der Waals surface area (Å²) in [5, 5.41) is 7.15. The summed E-state index contributed by atoms with van der Waals surface area (Å²) in [5.74, 6) is -0.125. The lowest BCUT2D eigenvalue weighted by Gasteiger charge is -2.32. The highest BCUT2D eigenvalue weighted by Crippen LogP contribution is 2.28. The number of carbonyl (C=O) groups excluding carboxylic acids is 1. The summed E-state index contributed by atoms with van der Waals surface area (Å²) in [6.07, 6.45) is 3.92. The van der Waals surface area contributed by atoms with Crippen molar-refractivity contribution in [1.82, 2.24) is 25.0 Å². The Kier molecular flexibility index (Phi) is 5.68.